The zero-order valence-electron chi connectivity index (χ0n) is 14.7. The number of anilines is 1. The number of carbonyl (C=O) groups excluding carboxylic acids is 1. The fraction of sp³-hybridized carbons (Fsp3) is 0.0952. The molecule has 1 amide bonds. The lowest BCUT2D eigenvalue weighted by molar-refractivity contribution is -0.384. The van der Waals surface area contributed by atoms with Crippen molar-refractivity contribution in [1.29, 1.82) is 0 Å². The Hall–Kier alpha value is -3.12. The van der Waals surface area contributed by atoms with Gasteiger partial charge in [-0.3, -0.25) is 14.9 Å². The Morgan fingerprint density at radius 3 is 2.37 bits per heavy atom. The van der Waals surface area contributed by atoms with Gasteiger partial charge in [-0.2, -0.15) is 0 Å². The predicted octanol–water partition coefficient (Wildman–Crippen LogP) is 5.45. The average molecular weight is 378 g/mol. The van der Waals surface area contributed by atoms with E-state index in [1.807, 2.05) is 37.3 Å². The first kappa shape index (κ1) is 18.7. The molecule has 5 nitrogen and oxygen atoms in total. The molecule has 0 saturated heterocycles. The van der Waals surface area contributed by atoms with E-state index in [0.29, 0.717) is 5.56 Å². The highest BCUT2D eigenvalue weighted by Crippen LogP contribution is 2.25. The van der Waals surface area contributed by atoms with Crippen LogP contribution in [0, 0.1) is 17.0 Å². The number of carbonyl (C=O) groups is 1. The Bertz CT molecular complexity index is 957. The molecule has 6 heteroatoms. The lowest BCUT2D eigenvalue weighted by Gasteiger charge is -2.10. The van der Waals surface area contributed by atoms with Crippen molar-refractivity contribution in [2.75, 3.05) is 5.32 Å². The Labute approximate surface area is 161 Å². The van der Waals surface area contributed by atoms with Crippen molar-refractivity contribution in [2.45, 2.75) is 17.6 Å². The van der Waals surface area contributed by atoms with Gasteiger partial charge in [0.25, 0.3) is 11.6 Å². The summed E-state index contributed by atoms with van der Waals surface area (Å²) in [6.07, 6.45) is 0. The van der Waals surface area contributed by atoms with E-state index in [1.165, 1.54) is 34.7 Å². The topological polar surface area (TPSA) is 72.2 Å². The van der Waals surface area contributed by atoms with E-state index in [0.717, 1.165) is 17.0 Å². The molecule has 3 aromatic carbocycles. The van der Waals surface area contributed by atoms with Crippen molar-refractivity contribution < 1.29 is 9.72 Å². The number of benzene rings is 3. The van der Waals surface area contributed by atoms with E-state index < -0.39 is 4.92 Å². The van der Waals surface area contributed by atoms with Gasteiger partial charge in [-0.05, 0) is 48.4 Å². The number of aryl methyl sites for hydroxylation is 1. The first-order chi connectivity index (χ1) is 13.0. The summed E-state index contributed by atoms with van der Waals surface area (Å²) in [6.45, 7) is 1.95. The molecule has 3 rings (SSSR count). The molecule has 0 fully saturated rings. The first-order valence-electron chi connectivity index (χ1n) is 8.36. The minimum Gasteiger partial charge on any atom is -0.322 e. The van der Waals surface area contributed by atoms with Gasteiger partial charge in [-0.1, -0.05) is 30.3 Å². The van der Waals surface area contributed by atoms with Crippen molar-refractivity contribution in [1.82, 2.24) is 0 Å². The van der Waals surface area contributed by atoms with Gasteiger partial charge in [0, 0.05) is 34.0 Å². The third kappa shape index (κ3) is 4.95. The molecule has 0 bridgehead atoms. The normalized spacial score (nSPS) is 10.4. The Kier molecular flexibility index (Phi) is 5.88. The number of non-ortho nitro benzene ring substituents is 1. The summed E-state index contributed by atoms with van der Waals surface area (Å²) in [6, 6.07) is 21.7. The fourth-order valence-electron chi connectivity index (χ4n) is 2.57. The molecule has 0 aromatic heterocycles. The summed E-state index contributed by atoms with van der Waals surface area (Å²) in [5.41, 5.74) is 3.21. The lowest BCUT2D eigenvalue weighted by Crippen LogP contribution is -2.12. The molecule has 0 unspecified atom stereocenters. The summed E-state index contributed by atoms with van der Waals surface area (Å²) in [5, 5.41) is 13.6. The van der Waals surface area contributed by atoms with Crippen LogP contribution < -0.4 is 5.32 Å². The van der Waals surface area contributed by atoms with Crippen LogP contribution in [0.25, 0.3) is 0 Å². The van der Waals surface area contributed by atoms with Crippen LogP contribution in [0.1, 0.15) is 21.5 Å². The van der Waals surface area contributed by atoms with Crippen LogP contribution in [-0.4, -0.2) is 10.8 Å². The largest absolute Gasteiger partial charge is 0.322 e. The quantitative estimate of drug-likeness (QED) is 0.352. The second-order valence-electron chi connectivity index (χ2n) is 6.01. The SMILES string of the molecule is Cc1cc(CSc2ccccc2)ccc1NC(=O)c1ccc([N+](=O)[O-])cc1. The smallest absolute Gasteiger partial charge is 0.269 e. The maximum Gasteiger partial charge on any atom is 0.269 e. The fourth-order valence-corrected chi connectivity index (χ4v) is 3.43. The Balaban J connectivity index is 1.64. The minimum atomic E-state index is -0.488. The number of hydrogen-bond acceptors (Lipinski definition) is 4. The molecule has 136 valence electrons. The standard InChI is InChI=1S/C21H18N2O3S/c1-15-13-16(14-27-19-5-3-2-4-6-19)7-12-20(15)22-21(24)17-8-10-18(11-9-17)23(25)26/h2-13H,14H2,1H3,(H,22,24). The molecular formula is C21H18N2O3S. The van der Waals surface area contributed by atoms with Crippen LogP contribution in [0.5, 0.6) is 0 Å². The second-order valence-corrected chi connectivity index (χ2v) is 7.06. The van der Waals surface area contributed by atoms with E-state index in [1.54, 1.807) is 11.8 Å². The minimum absolute atomic E-state index is 0.0389. The number of nitro groups is 1. The van der Waals surface area contributed by atoms with Gasteiger partial charge in [0.1, 0.15) is 0 Å². The van der Waals surface area contributed by atoms with Crippen LogP contribution in [0.3, 0.4) is 0 Å². The monoisotopic (exact) mass is 378 g/mol. The van der Waals surface area contributed by atoms with E-state index in [9.17, 15) is 14.9 Å². The van der Waals surface area contributed by atoms with Crippen molar-refractivity contribution in [3.63, 3.8) is 0 Å². The molecule has 0 aliphatic rings. The number of rotatable bonds is 6. The highest BCUT2D eigenvalue weighted by Gasteiger charge is 2.11. The van der Waals surface area contributed by atoms with Crippen molar-refractivity contribution in [3.05, 3.63) is 99.6 Å². The molecule has 0 spiro atoms. The summed E-state index contributed by atoms with van der Waals surface area (Å²) >= 11 is 1.76. The zero-order chi connectivity index (χ0) is 19.2. The number of amides is 1. The summed E-state index contributed by atoms with van der Waals surface area (Å²) in [5.74, 6) is 0.556. The van der Waals surface area contributed by atoms with Crippen LogP contribution in [0.4, 0.5) is 11.4 Å². The van der Waals surface area contributed by atoms with Gasteiger partial charge >= 0.3 is 0 Å². The molecule has 3 aromatic rings. The highest BCUT2D eigenvalue weighted by molar-refractivity contribution is 7.98. The number of thioether (sulfide) groups is 1. The molecule has 0 aliphatic carbocycles. The third-order valence-corrected chi connectivity index (χ3v) is 5.11. The summed E-state index contributed by atoms with van der Waals surface area (Å²) < 4.78 is 0. The third-order valence-electron chi connectivity index (χ3n) is 4.03. The maximum atomic E-state index is 12.4. The van der Waals surface area contributed by atoms with Crippen LogP contribution in [0.15, 0.2) is 77.7 Å². The molecule has 0 aliphatic heterocycles. The van der Waals surface area contributed by atoms with Gasteiger partial charge in [0.15, 0.2) is 0 Å². The number of nitrogens with zero attached hydrogens (tertiary/aromatic N) is 1. The number of hydrogen-bond donors (Lipinski definition) is 1. The van der Waals surface area contributed by atoms with Gasteiger partial charge in [-0.15, -0.1) is 11.8 Å². The first-order valence-corrected chi connectivity index (χ1v) is 9.34. The molecular weight excluding hydrogens is 360 g/mol. The molecule has 0 radical (unpaired) electrons. The molecule has 1 N–H and O–H groups in total. The Morgan fingerprint density at radius 1 is 1.04 bits per heavy atom. The summed E-state index contributed by atoms with van der Waals surface area (Å²) in [7, 11) is 0. The van der Waals surface area contributed by atoms with E-state index >= 15 is 0 Å². The van der Waals surface area contributed by atoms with Crippen molar-refractivity contribution in [3.8, 4) is 0 Å². The van der Waals surface area contributed by atoms with Crippen molar-refractivity contribution in [2.24, 2.45) is 0 Å². The van der Waals surface area contributed by atoms with E-state index in [4.69, 9.17) is 0 Å². The number of nitro benzene ring substituents is 1. The van der Waals surface area contributed by atoms with Crippen LogP contribution in [0.2, 0.25) is 0 Å². The van der Waals surface area contributed by atoms with Gasteiger partial charge in [-0.25, -0.2) is 0 Å². The van der Waals surface area contributed by atoms with Crippen LogP contribution >= 0.6 is 11.8 Å². The lowest BCUT2D eigenvalue weighted by atomic mass is 10.1. The summed E-state index contributed by atoms with van der Waals surface area (Å²) in [4.78, 5) is 23.8. The molecule has 0 saturated carbocycles. The molecule has 27 heavy (non-hydrogen) atoms. The van der Waals surface area contributed by atoms with E-state index in [-0.39, 0.29) is 11.6 Å². The zero-order valence-corrected chi connectivity index (χ0v) is 15.5. The van der Waals surface area contributed by atoms with Gasteiger partial charge in [0.2, 0.25) is 0 Å². The van der Waals surface area contributed by atoms with E-state index in [2.05, 4.69) is 23.5 Å². The highest BCUT2D eigenvalue weighted by atomic mass is 32.2. The molecule has 0 heterocycles. The van der Waals surface area contributed by atoms with Gasteiger partial charge < -0.3 is 5.32 Å². The van der Waals surface area contributed by atoms with Gasteiger partial charge in [0.05, 0.1) is 4.92 Å². The average Bonchev–Trinajstić information content (AvgIpc) is 2.69. The number of nitrogens with one attached hydrogen (secondary N) is 1. The van der Waals surface area contributed by atoms with Crippen LogP contribution in [-0.2, 0) is 5.75 Å². The predicted molar refractivity (Wildman–Crippen MR) is 108 cm³/mol. The second kappa shape index (κ2) is 8.51. The maximum absolute atomic E-state index is 12.4. The molecule has 0 atom stereocenters. The van der Waals surface area contributed by atoms with Crippen molar-refractivity contribution >= 4 is 29.0 Å². The Morgan fingerprint density at radius 2 is 1.74 bits per heavy atom.